The maximum Gasteiger partial charge on any atom is 0.410 e. The third kappa shape index (κ3) is 2.74. The molecule has 1 aliphatic heterocycles. The smallest absolute Gasteiger partial charge is 0.410 e. The van der Waals surface area contributed by atoms with Crippen molar-refractivity contribution in [1.82, 2.24) is 19.7 Å². The normalized spacial score (nSPS) is 29.2. The Morgan fingerprint density at radius 1 is 1.43 bits per heavy atom. The van der Waals surface area contributed by atoms with Gasteiger partial charge >= 0.3 is 6.09 Å². The zero-order valence-electron chi connectivity index (χ0n) is 12.9. The van der Waals surface area contributed by atoms with Gasteiger partial charge < -0.3 is 14.7 Å². The van der Waals surface area contributed by atoms with E-state index in [4.69, 9.17) is 4.74 Å². The van der Waals surface area contributed by atoms with Gasteiger partial charge in [-0.1, -0.05) is 0 Å². The summed E-state index contributed by atoms with van der Waals surface area (Å²) in [7, 11) is 1.78. The minimum atomic E-state index is -0.637. The number of piperidine rings is 1. The average molecular weight is 294 g/mol. The molecular weight excluding hydrogens is 272 g/mol. The van der Waals surface area contributed by atoms with Gasteiger partial charge in [0.15, 0.2) is 5.82 Å². The van der Waals surface area contributed by atoms with Crippen LogP contribution in [-0.4, -0.2) is 49.6 Å². The van der Waals surface area contributed by atoms with Crippen molar-refractivity contribution in [3.05, 3.63) is 12.2 Å². The zero-order valence-corrected chi connectivity index (χ0v) is 12.9. The lowest BCUT2D eigenvalue weighted by Crippen LogP contribution is -2.37. The van der Waals surface area contributed by atoms with Gasteiger partial charge in [0.25, 0.3) is 0 Å². The third-order valence-electron chi connectivity index (χ3n) is 4.16. The molecule has 0 bridgehead atoms. The first kappa shape index (κ1) is 14.3. The summed E-state index contributed by atoms with van der Waals surface area (Å²) in [6.07, 6.45) is 0.685. The van der Waals surface area contributed by atoms with E-state index in [2.05, 4.69) is 10.1 Å². The number of nitrogens with zero attached hydrogens (tertiary/aromatic N) is 4. The van der Waals surface area contributed by atoms with Crippen LogP contribution in [0.5, 0.6) is 0 Å². The Kier molecular flexibility index (Phi) is 3.20. The molecule has 1 saturated heterocycles. The molecule has 3 unspecified atom stereocenters. The van der Waals surface area contributed by atoms with Crippen LogP contribution in [0.25, 0.3) is 0 Å². The Balaban J connectivity index is 1.55. The van der Waals surface area contributed by atoms with Gasteiger partial charge in [0.05, 0.1) is 0 Å². The Morgan fingerprint density at radius 2 is 2.05 bits per heavy atom. The molecule has 0 aromatic carbocycles. The fourth-order valence-electron chi connectivity index (χ4n) is 3.18. The fourth-order valence-corrected chi connectivity index (χ4v) is 3.18. The number of fused-ring (bicyclic) bond motifs is 1. The van der Waals surface area contributed by atoms with Gasteiger partial charge in [0.2, 0.25) is 0 Å². The van der Waals surface area contributed by atoms with Crippen LogP contribution < -0.4 is 0 Å². The van der Waals surface area contributed by atoms with Crippen LogP contribution in [0, 0.1) is 17.8 Å². The predicted molar refractivity (Wildman–Crippen MR) is 74.2 cm³/mol. The number of carbonyl (C=O) groups is 1. The maximum absolute atomic E-state index is 12.0. The SMILES string of the molecule is Cn1cnc(C(O)C2C3CN(C(=O)OC(C)(C)C)CC32)n1. The minimum absolute atomic E-state index is 0.158. The largest absolute Gasteiger partial charge is 0.444 e. The number of amides is 1. The summed E-state index contributed by atoms with van der Waals surface area (Å²) < 4.78 is 6.96. The van der Waals surface area contributed by atoms with Crippen molar-refractivity contribution in [2.24, 2.45) is 24.8 Å². The monoisotopic (exact) mass is 294 g/mol. The number of hydrogen-bond acceptors (Lipinski definition) is 5. The summed E-state index contributed by atoms with van der Waals surface area (Å²) >= 11 is 0. The Hall–Kier alpha value is -1.63. The predicted octanol–water partition coefficient (Wildman–Crippen LogP) is 0.961. The number of carbonyl (C=O) groups excluding carboxylic acids is 1. The molecule has 7 heteroatoms. The lowest BCUT2D eigenvalue weighted by molar-refractivity contribution is 0.0239. The van der Waals surface area contributed by atoms with Crippen LogP contribution in [0.1, 0.15) is 32.7 Å². The first-order valence-electron chi connectivity index (χ1n) is 7.28. The second-order valence-corrected chi connectivity index (χ2v) is 7.01. The number of ether oxygens (including phenoxy) is 1. The molecule has 2 heterocycles. The number of likely N-dealkylation sites (tertiary alicyclic amines) is 1. The molecule has 1 aliphatic carbocycles. The van der Waals surface area contributed by atoms with Crippen LogP contribution in [0.15, 0.2) is 6.33 Å². The average Bonchev–Trinajstić information content (AvgIpc) is 2.76. The molecule has 2 fully saturated rings. The Bertz CT molecular complexity index is 539. The third-order valence-corrected chi connectivity index (χ3v) is 4.16. The summed E-state index contributed by atoms with van der Waals surface area (Å²) in [5, 5.41) is 14.5. The van der Waals surface area contributed by atoms with Crippen molar-refractivity contribution >= 4 is 6.09 Å². The number of aryl methyl sites for hydroxylation is 1. The van der Waals surface area contributed by atoms with Gasteiger partial charge in [-0.05, 0) is 32.6 Å². The van der Waals surface area contributed by atoms with E-state index in [0.717, 1.165) is 0 Å². The number of aromatic nitrogens is 3. The summed E-state index contributed by atoms with van der Waals surface area (Å²) in [5.74, 6) is 1.29. The molecule has 21 heavy (non-hydrogen) atoms. The molecule has 1 N–H and O–H groups in total. The van der Waals surface area contributed by atoms with Crippen molar-refractivity contribution in [1.29, 1.82) is 0 Å². The fraction of sp³-hybridized carbons (Fsp3) is 0.786. The second kappa shape index (κ2) is 4.69. The highest BCUT2D eigenvalue weighted by atomic mass is 16.6. The van der Waals surface area contributed by atoms with Gasteiger partial charge in [-0.2, -0.15) is 5.10 Å². The molecule has 0 spiro atoms. The van der Waals surface area contributed by atoms with Crippen molar-refractivity contribution in [2.45, 2.75) is 32.5 Å². The lowest BCUT2D eigenvalue weighted by atomic mass is 10.1. The quantitative estimate of drug-likeness (QED) is 0.879. The van der Waals surface area contributed by atoms with Crippen LogP contribution in [-0.2, 0) is 11.8 Å². The molecule has 1 saturated carbocycles. The molecule has 1 aromatic heterocycles. The van der Waals surface area contributed by atoms with E-state index in [0.29, 0.717) is 30.7 Å². The molecule has 0 radical (unpaired) electrons. The maximum atomic E-state index is 12.0. The summed E-state index contributed by atoms with van der Waals surface area (Å²) in [5.41, 5.74) is -0.472. The highest BCUT2D eigenvalue weighted by Gasteiger charge is 2.60. The van der Waals surface area contributed by atoms with Gasteiger partial charge in [0.1, 0.15) is 18.0 Å². The Morgan fingerprint density at radius 3 is 2.52 bits per heavy atom. The molecule has 116 valence electrons. The highest BCUT2D eigenvalue weighted by Crippen LogP contribution is 2.57. The summed E-state index contributed by atoms with van der Waals surface area (Å²) in [6.45, 7) is 6.88. The molecule has 1 amide bonds. The molecule has 1 aromatic rings. The summed E-state index contributed by atoms with van der Waals surface area (Å²) in [6, 6.07) is 0. The van der Waals surface area contributed by atoms with Crippen LogP contribution in [0.2, 0.25) is 0 Å². The van der Waals surface area contributed by atoms with Crippen molar-refractivity contribution in [2.75, 3.05) is 13.1 Å². The van der Waals surface area contributed by atoms with E-state index in [1.54, 1.807) is 23.0 Å². The van der Waals surface area contributed by atoms with E-state index in [9.17, 15) is 9.90 Å². The van der Waals surface area contributed by atoms with Crippen molar-refractivity contribution in [3.63, 3.8) is 0 Å². The molecule has 3 rings (SSSR count). The van der Waals surface area contributed by atoms with Gasteiger partial charge in [0, 0.05) is 26.1 Å². The van der Waals surface area contributed by atoms with E-state index >= 15 is 0 Å². The Labute approximate surface area is 123 Å². The number of hydrogen-bond donors (Lipinski definition) is 1. The zero-order chi connectivity index (χ0) is 15.4. The van der Waals surface area contributed by atoms with Gasteiger partial charge in [-0.25, -0.2) is 9.78 Å². The molecule has 3 atom stereocenters. The highest BCUT2D eigenvalue weighted by molar-refractivity contribution is 5.69. The van der Waals surface area contributed by atoms with Crippen molar-refractivity contribution in [3.8, 4) is 0 Å². The number of rotatable bonds is 2. The van der Waals surface area contributed by atoms with Gasteiger partial charge in [-0.3, -0.25) is 4.68 Å². The van der Waals surface area contributed by atoms with Crippen LogP contribution >= 0.6 is 0 Å². The minimum Gasteiger partial charge on any atom is -0.444 e. The molecule has 2 aliphatic rings. The second-order valence-electron chi connectivity index (χ2n) is 7.01. The van der Waals surface area contributed by atoms with Crippen molar-refractivity contribution < 1.29 is 14.6 Å². The van der Waals surface area contributed by atoms with E-state index < -0.39 is 11.7 Å². The standard InChI is InChI=1S/C14H22N4O3/c1-14(2,3)21-13(20)18-5-8-9(6-18)10(8)11(19)12-15-7-17(4)16-12/h7-11,19H,5-6H2,1-4H3. The van der Waals surface area contributed by atoms with E-state index in [-0.39, 0.29) is 12.0 Å². The number of aliphatic hydroxyl groups excluding tert-OH is 1. The van der Waals surface area contributed by atoms with Crippen LogP contribution in [0.4, 0.5) is 4.79 Å². The summed E-state index contributed by atoms with van der Waals surface area (Å²) in [4.78, 5) is 17.8. The number of aliphatic hydroxyl groups is 1. The first-order valence-corrected chi connectivity index (χ1v) is 7.28. The van der Waals surface area contributed by atoms with Crippen LogP contribution in [0.3, 0.4) is 0 Å². The van der Waals surface area contributed by atoms with E-state index in [1.165, 1.54) is 0 Å². The lowest BCUT2D eigenvalue weighted by Gasteiger charge is -2.26. The van der Waals surface area contributed by atoms with E-state index in [1.807, 2.05) is 20.8 Å². The van der Waals surface area contributed by atoms with Gasteiger partial charge in [-0.15, -0.1) is 0 Å². The first-order chi connectivity index (χ1) is 9.76. The topological polar surface area (TPSA) is 80.5 Å². The molecular formula is C14H22N4O3. The molecule has 7 nitrogen and oxygen atoms in total.